The first kappa shape index (κ1) is 14.1. The molecule has 0 fully saturated rings. The number of carbonyl (C=O) groups is 1. The molecule has 0 saturated heterocycles. The van der Waals surface area contributed by atoms with Gasteiger partial charge in [0.15, 0.2) is 0 Å². The van der Waals surface area contributed by atoms with Gasteiger partial charge in [0.05, 0.1) is 5.69 Å². The van der Waals surface area contributed by atoms with Crippen LogP contribution in [0.4, 0.5) is 10.1 Å². The third-order valence-corrected chi connectivity index (χ3v) is 2.86. The molecule has 1 rings (SSSR count). The Bertz CT molecular complexity index is 415. The van der Waals surface area contributed by atoms with E-state index in [1.54, 1.807) is 0 Å². The number of nitrogens with two attached hydrogens (primary N) is 1. The van der Waals surface area contributed by atoms with Crippen LogP contribution in [0.3, 0.4) is 0 Å². The predicted octanol–water partition coefficient (Wildman–Crippen LogP) is 3.04. The van der Waals surface area contributed by atoms with Gasteiger partial charge in [-0.1, -0.05) is 0 Å². The molecule has 0 radical (unpaired) electrons. The van der Waals surface area contributed by atoms with Crippen molar-refractivity contribution in [1.82, 2.24) is 0 Å². The highest BCUT2D eigenvalue weighted by atomic mass is 79.9. The zero-order chi connectivity index (χ0) is 13.1. The standard InChI is InChI=1S/C12H16BrFN2O/c1-12(2,15)6-5-11(17)16-10-4-3-8(14)7-9(10)13/h3-4,7H,5-6,15H2,1-2H3,(H,16,17). The summed E-state index contributed by atoms with van der Waals surface area (Å²) >= 11 is 3.19. The summed E-state index contributed by atoms with van der Waals surface area (Å²) in [6.45, 7) is 3.74. The quantitative estimate of drug-likeness (QED) is 0.898. The van der Waals surface area contributed by atoms with Gasteiger partial charge in [0.2, 0.25) is 5.91 Å². The average Bonchev–Trinajstić information content (AvgIpc) is 2.18. The average molecular weight is 303 g/mol. The van der Waals surface area contributed by atoms with Gasteiger partial charge in [-0.3, -0.25) is 4.79 Å². The highest BCUT2D eigenvalue weighted by Gasteiger charge is 2.14. The summed E-state index contributed by atoms with van der Waals surface area (Å²) in [7, 11) is 0. The molecular formula is C12H16BrFN2O. The van der Waals surface area contributed by atoms with Crippen molar-refractivity contribution in [3.8, 4) is 0 Å². The number of amides is 1. The minimum absolute atomic E-state index is 0.129. The Hall–Kier alpha value is -0.940. The van der Waals surface area contributed by atoms with E-state index in [1.165, 1.54) is 18.2 Å². The number of nitrogens with one attached hydrogen (secondary N) is 1. The molecule has 0 heterocycles. The third kappa shape index (κ3) is 5.28. The maximum Gasteiger partial charge on any atom is 0.224 e. The Morgan fingerprint density at radius 2 is 2.18 bits per heavy atom. The maximum absolute atomic E-state index is 12.8. The van der Waals surface area contributed by atoms with E-state index >= 15 is 0 Å². The number of halogens is 2. The summed E-state index contributed by atoms with van der Waals surface area (Å²) in [5.74, 6) is -0.478. The second kappa shape index (κ2) is 5.60. The molecule has 1 amide bonds. The lowest BCUT2D eigenvalue weighted by Gasteiger charge is -2.17. The van der Waals surface area contributed by atoms with Crippen LogP contribution in [0, 0.1) is 5.82 Å². The van der Waals surface area contributed by atoms with Crippen LogP contribution in [0.15, 0.2) is 22.7 Å². The summed E-state index contributed by atoms with van der Waals surface area (Å²) in [6, 6.07) is 4.13. The van der Waals surface area contributed by atoms with E-state index in [0.717, 1.165) is 0 Å². The van der Waals surface area contributed by atoms with E-state index in [4.69, 9.17) is 5.73 Å². The molecule has 5 heteroatoms. The van der Waals surface area contributed by atoms with Crippen LogP contribution in [-0.4, -0.2) is 11.4 Å². The van der Waals surface area contributed by atoms with Gasteiger partial charge in [0.1, 0.15) is 5.82 Å². The molecule has 0 aliphatic heterocycles. The van der Waals surface area contributed by atoms with Crippen LogP contribution in [-0.2, 0) is 4.79 Å². The van der Waals surface area contributed by atoms with Gasteiger partial charge in [0, 0.05) is 16.4 Å². The highest BCUT2D eigenvalue weighted by molar-refractivity contribution is 9.10. The van der Waals surface area contributed by atoms with Gasteiger partial charge in [-0.05, 0) is 54.4 Å². The van der Waals surface area contributed by atoms with Crippen molar-refractivity contribution in [3.63, 3.8) is 0 Å². The second-order valence-corrected chi connectivity index (χ2v) is 5.52. The number of hydrogen-bond acceptors (Lipinski definition) is 2. The SMILES string of the molecule is CC(C)(N)CCC(=O)Nc1ccc(F)cc1Br. The zero-order valence-corrected chi connectivity index (χ0v) is 11.5. The Balaban J connectivity index is 2.57. The van der Waals surface area contributed by atoms with Crippen LogP contribution in [0.5, 0.6) is 0 Å². The molecule has 3 N–H and O–H groups in total. The molecule has 17 heavy (non-hydrogen) atoms. The number of carbonyl (C=O) groups excluding carboxylic acids is 1. The maximum atomic E-state index is 12.8. The molecule has 0 aliphatic carbocycles. The largest absolute Gasteiger partial charge is 0.326 e. The molecule has 0 spiro atoms. The Kier molecular flexibility index (Phi) is 4.65. The Morgan fingerprint density at radius 1 is 1.53 bits per heavy atom. The van der Waals surface area contributed by atoms with Crippen molar-refractivity contribution in [1.29, 1.82) is 0 Å². The minimum Gasteiger partial charge on any atom is -0.326 e. The van der Waals surface area contributed by atoms with E-state index < -0.39 is 0 Å². The second-order valence-electron chi connectivity index (χ2n) is 4.66. The molecule has 1 aromatic rings. The summed E-state index contributed by atoms with van der Waals surface area (Å²) in [5.41, 5.74) is 5.99. The van der Waals surface area contributed by atoms with E-state index in [9.17, 15) is 9.18 Å². The Morgan fingerprint density at radius 3 is 2.71 bits per heavy atom. The first-order valence-electron chi connectivity index (χ1n) is 5.32. The van der Waals surface area contributed by atoms with Gasteiger partial charge >= 0.3 is 0 Å². The minimum atomic E-state index is -0.364. The van der Waals surface area contributed by atoms with Gasteiger partial charge in [0.25, 0.3) is 0 Å². The summed E-state index contributed by atoms with van der Waals surface area (Å²) in [5, 5.41) is 2.70. The zero-order valence-electron chi connectivity index (χ0n) is 9.89. The number of anilines is 1. The van der Waals surface area contributed by atoms with Crippen LogP contribution in [0.1, 0.15) is 26.7 Å². The third-order valence-electron chi connectivity index (χ3n) is 2.20. The monoisotopic (exact) mass is 302 g/mol. The van der Waals surface area contributed by atoms with Crippen molar-refractivity contribution in [2.75, 3.05) is 5.32 Å². The van der Waals surface area contributed by atoms with Crippen molar-refractivity contribution >= 4 is 27.5 Å². The van der Waals surface area contributed by atoms with Crippen molar-refractivity contribution < 1.29 is 9.18 Å². The molecule has 3 nitrogen and oxygen atoms in total. The van der Waals surface area contributed by atoms with Crippen molar-refractivity contribution in [2.24, 2.45) is 5.73 Å². The number of hydrogen-bond donors (Lipinski definition) is 2. The highest BCUT2D eigenvalue weighted by Crippen LogP contribution is 2.23. The lowest BCUT2D eigenvalue weighted by atomic mass is 10.00. The molecule has 0 saturated carbocycles. The van der Waals surface area contributed by atoms with Gasteiger partial charge < -0.3 is 11.1 Å². The van der Waals surface area contributed by atoms with E-state index in [2.05, 4.69) is 21.2 Å². The first-order chi connectivity index (χ1) is 7.78. The van der Waals surface area contributed by atoms with Crippen LogP contribution >= 0.6 is 15.9 Å². The van der Waals surface area contributed by atoms with Crippen molar-refractivity contribution in [2.45, 2.75) is 32.2 Å². The van der Waals surface area contributed by atoms with Gasteiger partial charge in [-0.2, -0.15) is 0 Å². The molecular weight excluding hydrogens is 287 g/mol. The van der Waals surface area contributed by atoms with Gasteiger partial charge in [-0.25, -0.2) is 4.39 Å². The van der Waals surface area contributed by atoms with Crippen LogP contribution in [0.2, 0.25) is 0 Å². The fraction of sp³-hybridized carbons (Fsp3) is 0.417. The predicted molar refractivity (Wildman–Crippen MR) is 70.2 cm³/mol. The molecule has 0 atom stereocenters. The number of rotatable bonds is 4. The molecule has 0 aromatic heterocycles. The lowest BCUT2D eigenvalue weighted by Crippen LogP contribution is -2.33. The summed E-state index contributed by atoms with van der Waals surface area (Å²) < 4.78 is 13.4. The lowest BCUT2D eigenvalue weighted by molar-refractivity contribution is -0.116. The van der Waals surface area contributed by atoms with E-state index in [1.807, 2.05) is 13.8 Å². The normalized spacial score (nSPS) is 11.4. The summed E-state index contributed by atoms with van der Waals surface area (Å²) in [6.07, 6.45) is 0.935. The molecule has 94 valence electrons. The molecule has 1 aromatic carbocycles. The smallest absolute Gasteiger partial charge is 0.224 e. The fourth-order valence-corrected chi connectivity index (χ4v) is 1.69. The first-order valence-corrected chi connectivity index (χ1v) is 6.11. The van der Waals surface area contributed by atoms with Crippen LogP contribution in [0.25, 0.3) is 0 Å². The topological polar surface area (TPSA) is 55.1 Å². The number of benzene rings is 1. The summed E-state index contributed by atoms with van der Waals surface area (Å²) in [4.78, 5) is 11.6. The van der Waals surface area contributed by atoms with Gasteiger partial charge in [-0.15, -0.1) is 0 Å². The van der Waals surface area contributed by atoms with E-state index in [0.29, 0.717) is 23.0 Å². The fourth-order valence-electron chi connectivity index (χ4n) is 1.24. The van der Waals surface area contributed by atoms with Crippen LogP contribution < -0.4 is 11.1 Å². The van der Waals surface area contributed by atoms with Crippen molar-refractivity contribution in [3.05, 3.63) is 28.5 Å². The molecule has 0 unspecified atom stereocenters. The Labute approximate surface area is 109 Å². The molecule has 0 bridgehead atoms. The van der Waals surface area contributed by atoms with E-state index in [-0.39, 0.29) is 17.3 Å². The molecule has 0 aliphatic rings.